The predicted octanol–water partition coefficient (Wildman–Crippen LogP) is 1.37. The van der Waals surface area contributed by atoms with Crippen LogP contribution >= 0.6 is 0 Å². The van der Waals surface area contributed by atoms with E-state index < -0.39 is 6.10 Å². The van der Waals surface area contributed by atoms with Gasteiger partial charge in [-0.15, -0.1) is 5.10 Å². The average Bonchev–Trinajstić information content (AvgIpc) is 3.06. The van der Waals surface area contributed by atoms with Gasteiger partial charge in [0.15, 0.2) is 11.5 Å². The van der Waals surface area contributed by atoms with Crippen molar-refractivity contribution in [3.63, 3.8) is 0 Å². The standard InChI is InChI=1S/C16H20N6O3/c1-3-4-8-25-16-20-14(17)15-19-9-10(22(15)21-16)13(23)12-11(24-2)6-5-7-18-12/h5-7,9,13,23H,3-4,8H2,1-2H3,(H2,17,20,21). The third-order valence-corrected chi connectivity index (χ3v) is 3.68. The summed E-state index contributed by atoms with van der Waals surface area (Å²) in [6.45, 7) is 2.55. The molecule has 9 nitrogen and oxygen atoms in total. The summed E-state index contributed by atoms with van der Waals surface area (Å²) in [6.07, 6.45) is 3.84. The number of aliphatic hydroxyl groups excluding tert-OH is 1. The number of aliphatic hydroxyl groups is 1. The Morgan fingerprint density at radius 2 is 2.20 bits per heavy atom. The van der Waals surface area contributed by atoms with E-state index in [4.69, 9.17) is 15.2 Å². The zero-order valence-electron chi connectivity index (χ0n) is 14.1. The minimum atomic E-state index is -1.09. The van der Waals surface area contributed by atoms with E-state index in [2.05, 4.69) is 27.0 Å². The first-order chi connectivity index (χ1) is 12.2. The van der Waals surface area contributed by atoms with E-state index in [0.29, 0.717) is 29.4 Å². The largest absolute Gasteiger partial charge is 0.495 e. The number of fused-ring (bicyclic) bond motifs is 1. The molecule has 3 heterocycles. The number of aromatic nitrogens is 5. The minimum absolute atomic E-state index is 0.137. The Morgan fingerprint density at radius 3 is 2.96 bits per heavy atom. The summed E-state index contributed by atoms with van der Waals surface area (Å²) < 4.78 is 12.2. The van der Waals surface area contributed by atoms with Crippen molar-refractivity contribution < 1.29 is 14.6 Å². The summed E-state index contributed by atoms with van der Waals surface area (Å²) in [6, 6.07) is 3.58. The second-order valence-electron chi connectivity index (χ2n) is 5.39. The van der Waals surface area contributed by atoms with Crippen LogP contribution in [0.2, 0.25) is 0 Å². The first-order valence-electron chi connectivity index (χ1n) is 7.96. The Balaban J connectivity index is 2.01. The summed E-state index contributed by atoms with van der Waals surface area (Å²) in [4.78, 5) is 12.5. The third kappa shape index (κ3) is 3.31. The fraction of sp³-hybridized carbons (Fsp3) is 0.375. The minimum Gasteiger partial charge on any atom is -0.495 e. The van der Waals surface area contributed by atoms with E-state index in [-0.39, 0.29) is 11.8 Å². The number of unbranched alkanes of at least 4 members (excludes halogenated alkanes) is 1. The van der Waals surface area contributed by atoms with E-state index in [9.17, 15) is 5.11 Å². The lowest BCUT2D eigenvalue weighted by atomic mass is 10.1. The van der Waals surface area contributed by atoms with Crippen molar-refractivity contribution in [3.8, 4) is 11.8 Å². The zero-order valence-corrected chi connectivity index (χ0v) is 14.1. The maximum atomic E-state index is 10.7. The highest BCUT2D eigenvalue weighted by Gasteiger charge is 2.23. The predicted molar refractivity (Wildman–Crippen MR) is 90.4 cm³/mol. The molecule has 0 saturated heterocycles. The lowest BCUT2D eigenvalue weighted by molar-refractivity contribution is 0.201. The Hall–Kier alpha value is -2.94. The molecule has 0 fully saturated rings. The summed E-state index contributed by atoms with van der Waals surface area (Å²) in [5.41, 5.74) is 7.02. The molecule has 0 saturated carbocycles. The van der Waals surface area contributed by atoms with Gasteiger partial charge in [0.25, 0.3) is 0 Å². The van der Waals surface area contributed by atoms with Gasteiger partial charge in [0, 0.05) is 6.20 Å². The van der Waals surface area contributed by atoms with Crippen LogP contribution in [-0.4, -0.2) is 43.4 Å². The topological polar surface area (TPSA) is 121 Å². The quantitative estimate of drug-likeness (QED) is 0.617. The van der Waals surface area contributed by atoms with Crippen molar-refractivity contribution in [2.75, 3.05) is 19.5 Å². The maximum absolute atomic E-state index is 10.7. The van der Waals surface area contributed by atoms with E-state index in [1.807, 2.05) is 0 Å². The van der Waals surface area contributed by atoms with Crippen molar-refractivity contribution in [3.05, 3.63) is 35.9 Å². The molecule has 3 rings (SSSR count). The normalized spacial score (nSPS) is 12.3. The van der Waals surface area contributed by atoms with Crippen LogP contribution in [0.1, 0.15) is 37.3 Å². The second kappa shape index (κ2) is 7.31. The molecule has 25 heavy (non-hydrogen) atoms. The molecule has 0 aromatic carbocycles. The molecular weight excluding hydrogens is 324 g/mol. The molecule has 3 N–H and O–H groups in total. The second-order valence-corrected chi connectivity index (χ2v) is 5.39. The number of pyridine rings is 1. The fourth-order valence-corrected chi connectivity index (χ4v) is 2.38. The van der Waals surface area contributed by atoms with Gasteiger partial charge in [-0.1, -0.05) is 13.3 Å². The Morgan fingerprint density at radius 1 is 1.36 bits per heavy atom. The van der Waals surface area contributed by atoms with E-state index >= 15 is 0 Å². The molecule has 9 heteroatoms. The Kier molecular flexibility index (Phi) is 4.94. The van der Waals surface area contributed by atoms with Crippen molar-refractivity contribution in [1.29, 1.82) is 0 Å². The molecule has 132 valence electrons. The molecule has 1 atom stereocenters. The monoisotopic (exact) mass is 344 g/mol. The number of anilines is 1. The van der Waals surface area contributed by atoms with Crippen LogP contribution in [0.25, 0.3) is 5.65 Å². The molecule has 1 unspecified atom stereocenters. The van der Waals surface area contributed by atoms with Crippen molar-refractivity contribution in [2.24, 2.45) is 0 Å². The maximum Gasteiger partial charge on any atom is 0.336 e. The van der Waals surface area contributed by atoms with Crippen LogP contribution in [0.15, 0.2) is 24.5 Å². The highest BCUT2D eigenvalue weighted by molar-refractivity contribution is 5.60. The SMILES string of the molecule is CCCCOc1nc(N)c2ncc(C(O)c3ncccc3OC)n2n1. The first kappa shape index (κ1) is 16.9. The van der Waals surface area contributed by atoms with E-state index in [1.54, 1.807) is 18.3 Å². The lowest BCUT2D eigenvalue weighted by Crippen LogP contribution is -2.12. The van der Waals surface area contributed by atoms with Crippen LogP contribution in [0.5, 0.6) is 11.8 Å². The third-order valence-electron chi connectivity index (χ3n) is 3.68. The summed E-state index contributed by atoms with van der Waals surface area (Å²) >= 11 is 0. The summed E-state index contributed by atoms with van der Waals surface area (Å²) in [5, 5.41) is 15.0. The molecule has 0 aliphatic carbocycles. The molecular formula is C16H20N6O3. The van der Waals surface area contributed by atoms with Gasteiger partial charge in [0.05, 0.1) is 25.6 Å². The Bertz CT molecular complexity index is 866. The van der Waals surface area contributed by atoms with Crippen molar-refractivity contribution in [2.45, 2.75) is 25.9 Å². The molecule has 0 aliphatic heterocycles. The smallest absolute Gasteiger partial charge is 0.336 e. The molecule has 0 spiro atoms. The number of nitrogens with zero attached hydrogens (tertiary/aromatic N) is 5. The van der Waals surface area contributed by atoms with Crippen LogP contribution < -0.4 is 15.2 Å². The lowest BCUT2D eigenvalue weighted by Gasteiger charge is -2.13. The van der Waals surface area contributed by atoms with E-state index in [0.717, 1.165) is 12.8 Å². The number of ether oxygens (including phenoxy) is 2. The summed E-state index contributed by atoms with van der Waals surface area (Å²) in [5.74, 6) is 0.638. The van der Waals surface area contributed by atoms with Gasteiger partial charge in [-0.3, -0.25) is 4.98 Å². The van der Waals surface area contributed by atoms with Gasteiger partial charge < -0.3 is 20.3 Å². The van der Waals surface area contributed by atoms with Crippen LogP contribution in [0.3, 0.4) is 0 Å². The van der Waals surface area contributed by atoms with Gasteiger partial charge in [0.1, 0.15) is 17.5 Å². The van der Waals surface area contributed by atoms with Crippen LogP contribution in [-0.2, 0) is 0 Å². The summed E-state index contributed by atoms with van der Waals surface area (Å²) in [7, 11) is 1.52. The van der Waals surface area contributed by atoms with Crippen LogP contribution in [0, 0.1) is 0 Å². The van der Waals surface area contributed by atoms with E-state index in [1.165, 1.54) is 17.8 Å². The number of nitrogens with two attached hydrogens (primary N) is 1. The molecule has 0 amide bonds. The van der Waals surface area contributed by atoms with Crippen LogP contribution in [0.4, 0.5) is 5.82 Å². The first-order valence-corrected chi connectivity index (χ1v) is 7.96. The van der Waals surface area contributed by atoms with Crippen molar-refractivity contribution >= 4 is 11.5 Å². The zero-order chi connectivity index (χ0) is 17.8. The average molecular weight is 344 g/mol. The molecule has 0 aliphatic rings. The number of hydrogen-bond donors (Lipinski definition) is 2. The number of methoxy groups -OCH3 is 1. The Labute approximate surface area is 144 Å². The van der Waals surface area contributed by atoms with Gasteiger partial charge in [0.2, 0.25) is 0 Å². The molecule has 3 aromatic rings. The molecule has 0 radical (unpaired) electrons. The number of rotatable bonds is 7. The molecule has 0 bridgehead atoms. The van der Waals surface area contributed by atoms with Gasteiger partial charge in [-0.2, -0.15) is 4.98 Å². The number of nitrogen functional groups attached to an aromatic ring is 1. The fourth-order valence-electron chi connectivity index (χ4n) is 2.38. The highest BCUT2D eigenvalue weighted by atomic mass is 16.5. The van der Waals surface area contributed by atoms with Crippen molar-refractivity contribution in [1.82, 2.24) is 24.6 Å². The van der Waals surface area contributed by atoms with Gasteiger partial charge in [-0.25, -0.2) is 9.50 Å². The molecule has 3 aromatic heterocycles. The highest BCUT2D eigenvalue weighted by Crippen LogP contribution is 2.28. The number of hydrogen-bond acceptors (Lipinski definition) is 8. The van der Waals surface area contributed by atoms with Gasteiger partial charge in [-0.05, 0) is 18.6 Å². The number of imidazole rings is 1. The van der Waals surface area contributed by atoms with Gasteiger partial charge >= 0.3 is 6.01 Å².